The molecule has 1 aliphatic heterocycles. The lowest BCUT2D eigenvalue weighted by Gasteiger charge is -2.28. The summed E-state index contributed by atoms with van der Waals surface area (Å²) < 4.78 is 2.72. The van der Waals surface area contributed by atoms with Crippen LogP contribution in [0.5, 0.6) is 0 Å². The molecule has 0 fully saturated rings. The molecule has 0 N–H and O–H groups in total. The van der Waals surface area contributed by atoms with Crippen LogP contribution in [0.3, 0.4) is 0 Å². The number of fused-ring (bicyclic) bond motifs is 6. The Balaban J connectivity index is 1.58. The lowest BCUT2D eigenvalue weighted by molar-refractivity contribution is 1.18. The van der Waals surface area contributed by atoms with Crippen LogP contribution in [0.15, 0.2) is 108 Å². The van der Waals surface area contributed by atoms with Crippen molar-refractivity contribution in [1.82, 2.24) is 0 Å². The highest BCUT2D eigenvalue weighted by atomic mass is 32.2. The number of thiophene rings is 1. The maximum absolute atomic E-state index is 4.27. The van der Waals surface area contributed by atoms with Gasteiger partial charge in [-0.1, -0.05) is 80.3 Å². The molecule has 6 rings (SSSR count). The van der Waals surface area contributed by atoms with Crippen LogP contribution >= 0.6 is 23.1 Å². The average molecular weight is 490 g/mol. The monoisotopic (exact) mass is 489 g/mol. The second-order valence-corrected chi connectivity index (χ2v) is 10.9. The average Bonchev–Trinajstić information content (AvgIpc) is 3.46. The summed E-state index contributed by atoms with van der Waals surface area (Å²) in [5.74, 6) is 0.997. The predicted molar refractivity (Wildman–Crippen MR) is 158 cm³/mol. The number of rotatable bonds is 5. The van der Waals surface area contributed by atoms with Crippen LogP contribution in [0.4, 0.5) is 11.4 Å². The third-order valence-electron chi connectivity index (χ3n) is 6.70. The van der Waals surface area contributed by atoms with Crippen molar-refractivity contribution in [1.29, 1.82) is 0 Å². The molecule has 1 aromatic heterocycles. The van der Waals surface area contributed by atoms with Gasteiger partial charge in [0.2, 0.25) is 0 Å². The molecule has 0 aliphatic carbocycles. The first-order valence-corrected chi connectivity index (χ1v) is 13.9. The SMILES string of the molecule is C=C1CSc2c1ccc1c2sc2cc(N(C(/C=C\CC)=C/C)c3cccc4ccccc34)ccc21. The van der Waals surface area contributed by atoms with E-state index in [4.69, 9.17) is 0 Å². The van der Waals surface area contributed by atoms with E-state index in [0.717, 1.165) is 12.2 Å². The molecule has 0 spiro atoms. The van der Waals surface area contributed by atoms with Gasteiger partial charge in [0.15, 0.2) is 0 Å². The van der Waals surface area contributed by atoms with Gasteiger partial charge in [0, 0.05) is 47.6 Å². The molecule has 0 atom stereocenters. The van der Waals surface area contributed by atoms with Gasteiger partial charge in [0.1, 0.15) is 0 Å². The molecule has 0 saturated heterocycles. The Labute approximate surface area is 215 Å². The third-order valence-corrected chi connectivity index (χ3v) is 9.22. The quantitative estimate of drug-likeness (QED) is 0.226. The van der Waals surface area contributed by atoms with Crippen LogP contribution in [-0.4, -0.2) is 5.75 Å². The summed E-state index contributed by atoms with van der Waals surface area (Å²) in [6.45, 7) is 8.57. The summed E-state index contributed by atoms with van der Waals surface area (Å²) in [5, 5.41) is 5.19. The number of nitrogens with zero attached hydrogens (tertiary/aromatic N) is 1. The molecule has 0 unspecified atom stereocenters. The maximum Gasteiger partial charge on any atom is 0.0539 e. The van der Waals surface area contributed by atoms with Gasteiger partial charge in [-0.05, 0) is 54.1 Å². The second-order valence-electron chi connectivity index (χ2n) is 8.85. The van der Waals surface area contributed by atoms with Crippen molar-refractivity contribution in [2.75, 3.05) is 10.7 Å². The van der Waals surface area contributed by atoms with E-state index in [1.54, 1.807) is 0 Å². The Morgan fingerprint density at radius 2 is 1.80 bits per heavy atom. The highest BCUT2D eigenvalue weighted by molar-refractivity contribution is 8.00. The molecule has 0 bridgehead atoms. The smallest absolute Gasteiger partial charge is 0.0539 e. The Morgan fingerprint density at radius 3 is 2.66 bits per heavy atom. The van der Waals surface area contributed by atoms with Crippen molar-refractivity contribution >= 4 is 71.0 Å². The van der Waals surface area contributed by atoms with Crippen LogP contribution in [0, 0.1) is 0 Å². The minimum Gasteiger partial charge on any atom is -0.310 e. The van der Waals surface area contributed by atoms with Gasteiger partial charge in [0.05, 0.1) is 5.69 Å². The summed E-state index contributed by atoms with van der Waals surface area (Å²) in [5.41, 5.74) is 6.13. The topological polar surface area (TPSA) is 3.24 Å². The van der Waals surface area contributed by atoms with Crippen molar-refractivity contribution in [3.8, 4) is 0 Å². The van der Waals surface area contributed by atoms with Crippen molar-refractivity contribution in [3.05, 3.63) is 109 Å². The summed E-state index contributed by atoms with van der Waals surface area (Å²) in [6, 6.07) is 26.7. The number of benzene rings is 4. The van der Waals surface area contributed by atoms with Gasteiger partial charge in [-0.15, -0.1) is 23.1 Å². The van der Waals surface area contributed by atoms with E-state index in [2.05, 4.69) is 116 Å². The molecule has 0 radical (unpaired) electrons. The Hall–Kier alpha value is -3.27. The molecule has 2 heterocycles. The van der Waals surface area contributed by atoms with Gasteiger partial charge in [-0.25, -0.2) is 0 Å². The van der Waals surface area contributed by atoms with E-state index in [1.807, 2.05) is 23.1 Å². The van der Waals surface area contributed by atoms with Crippen molar-refractivity contribution < 1.29 is 0 Å². The standard InChI is InChI=1S/C32H27NS2/c1-4-6-12-23(5-2)33(29-14-9-11-22-10-7-8-13-26(22)29)24-15-16-27-28-18-17-25-21(3)20-34-31(25)32(28)35-30(27)19-24/h5-19H,3-4,20H2,1-2H3/b12-6-,23-5+. The molecule has 4 aromatic carbocycles. The fourth-order valence-electron chi connectivity index (χ4n) is 4.97. The van der Waals surface area contributed by atoms with Crippen molar-refractivity contribution in [2.45, 2.75) is 25.2 Å². The zero-order valence-corrected chi connectivity index (χ0v) is 21.7. The second kappa shape index (κ2) is 9.07. The summed E-state index contributed by atoms with van der Waals surface area (Å²) >= 11 is 3.84. The maximum atomic E-state index is 4.27. The normalized spacial score (nSPS) is 14.0. The zero-order valence-electron chi connectivity index (χ0n) is 20.0. The van der Waals surface area contributed by atoms with E-state index in [9.17, 15) is 0 Å². The molecule has 35 heavy (non-hydrogen) atoms. The summed E-state index contributed by atoms with van der Waals surface area (Å²) in [7, 11) is 0. The third kappa shape index (κ3) is 3.71. The van der Waals surface area contributed by atoms with E-state index in [-0.39, 0.29) is 0 Å². The number of hydrogen-bond acceptors (Lipinski definition) is 3. The van der Waals surface area contributed by atoms with Gasteiger partial charge < -0.3 is 4.90 Å². The number of allylic oxidation sites excluding steroid dienone is 3. The van der Waals surface area contributed by atoms with Crippen LogP contribution in [0.25, 0.3) is 36.5 Å². The minimum atomic E-state index is 0.997. The molecule has 3 heteroatoms. The van der Waals surface area contributed by atoms with E-state index >= 15 is 0 Å². The van der Waals surface area contributed by atoms with E-state index < -0.39 is 0 Å². The van der Waals surface area contributed by atoms with Crippen LogP contribution in [0.2, 0.25) is 0 Å². The van der Waals surface area contributed by atoms with Gasteiger partial charge >= 0.3 is 0 Å². The lowest BCUT2D eigenvalue weighted by atomic mass is 10.0. The van der Waals surface area contributed by atoms with Crippen LogP contribution in [0.1, 0.15) is 25.8 Å². The molecule has 5 aromatic rings. The lowest BCUT2D eigenvalue weighted by Crippen LogP contribution is -2.15. The number of hydrogen-bond donors (Lipinski definition) is 0. The first-order chi connectivity index (χ1) is 17.2. The highest BCUT2D eigenvalue weighted by Gasteiger charge is 2.21. The number of anilines is 2. The van der Waals surface area contributed by atoms with Crippen molar-refractivity contribution in [2.24, 2.45) is 0 Å². The highest BCUT2D eigenvalue weighted by Crippen LogP contribution is 2.48. The minimum absolute atomic E-state index is 0.997. The van der Waals surface area contributed by atoms with E-state index in [0.29, 0.717) is 0 Å². The van der Waals surface area contributed by atoms with Crippen LogP contribution in [-0.2, 0) is 0 Å². The zero-order chi connectivity index (χ0) is 23.9. The van der Waals surface area contributed by atoms with Gasteiger partial charge in [0.25, 0.3) is 0 Å². The van der Waals surface area contributed by atoms with Crippen molar-refractivity contribution in [3.63, 3.8) is 0 Å². The Bertz CT molecular complexity index is 1660. The molecule has 0 amide bonds. The molecular formula is C32H27NS2. The Kier molecular flexibility index (Phi) is 5.75. The molecular weight excluding hydrogens is 462 g/mol. The fourth-order valence-corrected chi connectivity index (χ4v) is 7.53. The first kappa shape index (κ1) is 22.2. The largest absolute Gasteiger partial charge is 0.310 e. The van der Waals surface area contributed by atoms with Gasteiger partial charge in [-0.2, -0.15) is 0 Å². The number of thioether (sulfide) groups is 1. The molecule has 1 nitrogen and oxygen atoms in total. The first-order valence-electron chi connectivity index (χ1n) is 12.1. The molecule has 0 saturated carbocycles. The molecule has 1 aliphatic rings. The van der Waals surface area contributed by atoms with E-state index in [1.165, 1.54) is 64.0 Å². The van der Waals surface area contributed by atoms with Crippen LogP contribution < -0.4 is 4.90 Å². The molecule has 172 valence electrons. The van der Waals surface area contributed by atoms with Gasteiger partial charge in [-0.3, -0.25) is 0 Å². The predicted octanol–water partition coefficient (Wildman–Crippen LogP) is 10.3. The summed E-state index contributed by atoms with van der Waals surface area (Å²) in [4.78, 5) is 3.81. The fraction of sp³-hybridized carbons (Fsp3) is 0.125. The summed E-state index contributed by atoms with van der Waals surface area (Å²) in [6.07, 6.45) is 7.69. The Morgan fingerprint density at radius 1 is 0.971 bits per heavy atom.